The van der Waals surface area contributed by atoms with Gasteiger partial charge in [0.15, 0.2) is 0 Å². The van der Waals surface area contributed by atoms with Gasteiger partial charge in [-0.1, -0.05) is 20.3 Å². The molecule has 0 bridgehead atoms. The van der Waals surface area contributed by atoms with Crippen LogP contribution in [0, 0.1) is 5.92 Å². The van der Waals surface area contributed by atoms with Crippen LogP contribution >= 0.6 is 0 Å². The molecule has 1 aromatic heterocycles. The highest BCUT2D eigenvalue weighted by Crippen LogP contribution is 2.25. The molecule has 2 unspecified atom stereocenters. The van der Waals surface area contributed by atoms with Crippen molar-refractivity contribution in [3.05, 3.63) is 11.6 Å². The summed E-state index contributed by atoms with van der Waals surface area (Å²) in [5.74, 6) is 1.02. The summed E-state index contributed by atoms with van der Waals surface area (Å²) in [6, 6.07) is 0.0449. The summed E-state index contributed by atoms with van der Waals surface area (Å²) in [6.45, 7) is 4.10. The topological polar surface area (TPSA) is 90.9 Å². The van der Waals surface area contributed by atoms with Crippen molar-refractivity contribution in [1.82, 2.24) is 20.5 Å². The van der Waals surface area contributed by atoms with Crippen molar-refractivity contribution in [1.29, 1.82) is 0 Å². The van der Waals surface area contributed by atoms with Gasteiger partial charge in [-0.3, -0.25) is 9.89 Å². The molecule has 2 rings (SSSR count). The normalized spacial score (nSPS) is 23.6. The first-order valence-electron chi connectivity index (χ1n) is 6.45. The fraction of sp³-hybridized carbons (Fsp3) is 0.750. The molecule has 1 amide bonds. The van der Waals surface area contributed by atoms with Gasteiger partial charge in [-0.25, -0.2) is 4.98 Å². The number of aromatic amines is 1. The molecule has 0 saturated heterocycles. The van der Waals surface area contributed by atoms with Gasteiger partial charge in [-0.05, 0) is 12.8 Å². The number of nitrogens with one attached hydrogen (secondary N) is 2. The zero-order valence-corrected chi connectivity index (χ0v) is 10.8. The summed E-state index contributed by atoms with van der Waals surface area (Å²) in [7, 11) is 0. The maximum atomic E-state index is 12.0. The Morgan fingerprint density at radius 3 is 2.94 bits per heavy atom. The maximum Gasteiger partial charge on any atom is 0.291 e. The lowest BCUT2D eigenvalue weighted by Crippen LogP contribution is -2.39. The van der Waals surface area contributed by atoms with Crippen molar-refractivity contribution in [3.8, 4) is 0 Å². The zero-order chi connectivity index (χ0) is 13.1. The smallest absolute Gasteiger partial charge is 0.291 e. The zero-order valence-electron chi connectivity index (χ0n) is 10.8. The highest BCUT2D eigenvalue weighted by Gasteiger charge is 2.29. The van der Waals surface area contributed by atoms with Gasteiger partial charge in [0, 0.05) is 24.5 Å². The van der Waals surface area contributed by atoms with E-state index in [2.05, 4.69) is 20.5 Å². The maximum absolute atomic E-state index is 12.0. The third-order valence-electron chi connectivity index (χ3n) is 3.46. The monoisotopic (exact) mass is 252 g/mol. The predicted octanol–water partition coefficient (Wildman–Crippen LogP) is 0.819. The second-order valence-corrected chi connectivity index (χ2v) is 5.15. The molecular weight excluding hydrogens is 232 g/mol. The van der Waals surface area contributed by atoms with E-state index in [1.807, 2.05) is 13.8 Å². The van der Waals surface area contributed by atoms with Crippen LogP contribution in [-0.4, -0.2) is 38.8 Å². The van der Waals surface area contributed by atoms with Gasteiger partial charge in [0.1, 0.15) is 5.82 Å². The van der Waals surface area contributed by atoms with E-state index in [0.717, 1.165) is 19.3 Å². The van der Waals surface area contributed by atoms with E-state index in [1.165, 1.54) is 0 Å². The third kappa shape index (κ3) is 2.69. The molecule has 1 aliphatic rings. The number of H-pyrrole nitrogens is 1. The molecule has 6 heteroatoms. The van der Waals surface area contributed by atoms with Crippen molar-refractivity contribution in [2.24, 2.45) is 5.92 Å². The van der Waals surface area contributed by atoms with Crippen LogP contribution in [-0.2, 0) is 0 Å². The molecule has 1 aliphatic carbocycles. The summed E-state index contributed by atoms with van der Waals surface area (Å²) >= 11 is 0. The summed E-state index contributed by atoms with van der Waals surface area (Å²) in [5, 5.41) is 18.8. The van der Waals surface area contributed by atoms with Gasteiger partial charge in [0.2, 0.25) is 5.82 Å². The lowest BCUT2D eigenvalue weighted by Gasteiger charge is -2.17. The Morgan fingerprint density at radius 1 is 1.56 bits per heavy atom. The molecule has 1 aromatic rings. The fourth-order valence-electron chi connectivity index (χ4n) is 2.31. The van der Waals surface area contributed by atoms with Crippen LogP contribution in [0.3, 0.4) is 0 Å². The molecule has 2 atom stereocenters. The standard InChI is InChI=1S/C12H20N4O2/c1-7(2)10-14-11(16-15-10)12(18)13-9-5-3-4-8(9)6-17/h7-9,17H,3-6H2,1-2H3,(H,13,18)(H,14,15,16). The number of nitrogens with zero attached hydrogens (tertiary/aromatic N) is 2. The van der Waals surface area contributed by atoms with Crippen molar-refractivity contribution < 1.29 is 9.90 Å². The average Bonchev–Trinajstić information content (AvgIpc) is 2.96. The van der Waals surface area contributed by atoms with E-state index in [0.29, 0.717) is 5.82 Å². The molecule has 0 aromatic carbocycles. The van der Waals surface area contributed by atoms with E-state index in [-0.39, 0.29) is 36.2 Å². The number of carbonyl (C=O) groups is 1. The average molecular weight is 252 g/mol. The van der Waals surface area contributed by atoms with Gasteiger partial charge < -0.3 is 10.4 Å². The minimum absolute atomic E-state index is 0.0449. The Hall–Kier alpha value is -1.43. The van der Waals surface area contributed by atoms with E-state index < -0.39 is 0 Å². The van der Waals surface area contributed by atoms with Crippen LogP contribution in [0.1, 0.15) is 55.5 Å². The molecule has 3 N–H and O–H groups in total. The van der Waals surface area contributed by atoms with Crippen molar-refractivity contribution in [2.45, 2.75) is 45.1 Å². The van der Waals surface area contributed by atoms with E-state index in [1.54, 1.807) is 0 Å². The highest BCUT2D eigenvalue weighted by atomic mass is 16.3. The van der Waals surface area contributed by atoms with Crippen molar-refractivity contribution in [3.63, 3.8) is 0 Å². The highest BCUT2D eigenvalue weighted by molar-refractivity contribution is 5.90. The first-order chi connectivity index (χ1) is 8.61. The van der Waals surface area contributed by atoms with E-state index >= 15 is 0 Å². The molecule has 0 radical (unpaired) electrons. The van der Waals surface area contributed by atoms with Crippen LogP contribution in [0.15, 0.2) is 0 Å². The number of aliphatic hydroxyl groups excluding tert-OH is 1. The molecule has 1 saturated carbocycles. The molecule has 0 spiro atoms. The van der Waals surface area contributed by atoms with Crippen LogP contribution in [0.4, 0.5) is 0 Å². The molecule has 18 heavy (non-hydrogen) atoms. The number of hydrogen-bond donors (Lipinski definition) is 3. The largest absolute Gasteiger partial charge is 0.396 e. The van der Waals surface area contributed by atoms with Crippen LogP contribution in [0.2, 0.25) is 0 Å². The lowest BCUT2D eigenvalue weighted by atomic mass is 10.1. The van der Waals surface area contributed by atoms with Crippen molar-refractivity contribution in [2.75, 3.05) is 6.61 Å². The van der Waals surface area contributed by atoms with Crippen LogP contribution in [0.25, 0.3) is 0 Å². The SMILES string of the molecule is CC(C)c1nc(C(=O)NC2CCCC2CO)n[nH]1. The molecule has 1 fully saturated rings. The summed E-state index contributed by atoms with van der Waals surface area (Å²) < 4.78 is 0. The Morgan fingerprint density at radius 2 is 2.33 bits per heavy atom. The minimum Gasteiger partial charge on any atom is -0.396 e. The van der Waals surface area contributed by atoms with Gasteiger partial charge in [-0.15, -0.1) is 5.10 Å². The summed E-state index contributed by atoms with van der Waals surface area (Å²) in [4.78, 5) is 16.1. The van der Waals surface area contributed by atoms with Gasteiger partial charge in [0.25, 0.3) is 5.91 Å². The second-order valence-electron chi connectivity index (χ2n) is 5.15. The Bertz CT molecular complexity index is 416. The quantitative estimate of drug-likeness (QED) is 0.740. The number of rotatable bonds is 4. The Kier molecular flexibility index (Phi) is 3.96. The number of aromatic nitrogens is 3. The van der Waals surface area contributed by atoms with Gasteiger partial charge >= 0.3 is 0 Å². The number of hydrogen-bond acceptors (Lipinski definition) is 4. The number of amides is 1. The first-order valence-corrected chi connectivity index (χ1v) is 6.45. The number of carbonyl (C=O) groups excluding carboxylic acids is 1. The van der Waals surface area contributed by atoms with E-state index in [9.17, 15) is 9.90 Å². The lowest BCUT2D eigenvalue weighted by molar-refractivity contribution is 0.0906. The summed E-state index contributed by atoms with van der Waals surface area (Å²) in [6.07, 6.45) is 2.92. The predicted molar refractivity (Wildman–Crippen MR) is 66.2 cm³/mol. The Labute approximate surface area is 106 Å². The van der Waals surface area contributed by atoms with Crippen LogP contribution in [0.5, 0.6) is 0 Å². The fourth-order valence-corrected chi connectivity index (χ4v) is 2.31. The first kappa shape index (κ1) is 13.0. The third-order valence-corrected chi connectivity index (χ3v) is 3.46. The van der Waals surface area contributed by atoms with Crippen LogP contribution < -0.4 is 5.32 Å². The van der Waals surface area contributed by atoms with E-state index in [4.69, 9.17) is 0 Å². The molecule has 100 valence electrons. The second kappa shape index (κ2) is 5.48. The summed E-state index contributed by atoms with van der Waals surface area (Å²) in [5.41, 5.74) is 0. The van der Waals surface area contributed by atoms with Gasteiger partial charge in [-0.2, -0.15) is 0 Å². The molecule has 6 nitrogen and oxygen atoms in total. The molecule has 0 aliphatic heterocycles. The Balaban J connectivity index is 1.98. The molecule has 1 heterocycles. The van der Waals surface area contributed by atoms with Crippen molar-refractivity contribution >= 4 is 5.91 Å². The molecular formula is C12H20N4O2. The minimum atomic E-state index is -0.261. The number of aliphatic hydroxyl groups is 1. The van der Waals surface area contributed by atoms with Gasteiger partial charge in [0.05, 0.1) is 0 Å².